The van der Waals surface area contributed by atoms with E-state index in [9.17, 15) is 14.0 Å². The molecule has 6 heteroatoms. The number of aryl methyl sites for hydroxylation is 1. The summed E-state index contributed by atoms with van der Waals surface area (Å²) in [4.78, 5) is 28.4. The van der Waals surface area contributed by atoms with Gasteiger partial charge in [-0.05, 0) is 30.7 Å². The van der Waals surface area contributed by atoms with Crippen molar-refractivity contribution in [2.24, 2.45) is 0 Å². The third-order valence-corrected chi connectivity index (χ3v) is 4.81. The Morgan fingerprint density at radius 2 is 1.73 bits per heavy atom. The van der Waals surface area contributed by atoms with Crippen molar-refractivity contribution < 1.29 is 14.0 Å². The summed E-state index contributed by atoms with van der Waals surface area (Å²) in [6.07, 6.45) is 0.364. The summed E-state index contributed by atoms with van der Waals surface area (Å²) in [6.45, 7) is 3.89. The van der Waals surface area contributed by atoms with Gasteiger partial charge in [-0.2, -0.15) is 0 Å². The van der Waals surface area contributed by atoms with Crippen LogP contribution in [0.2, 0.25) is 5.02 Å². The Labute approximate surface area is 157 Å². The lowest BCUT2D eigenvalue weighted by Crippen LogP contribution is -2.51. The van der Waals surface area contributed by atoms with Gasteiger partial charge in [0.1, 0.15) is 5.82 Å². The number of hydrogen-bond donors (Lipinski definition) is 0. The summed E-state index contributed by atoms with van der Waals surface area (Å²) in [5.41, 5.74) is 2.48. The molecule has 0 unspecified atom stereocenters. The minimum Gasteiger partial charge on any atom is -0.339 e. The predicted octanol–water partition coefficient (Wildman–Crippen LogP) is 3.31. The number of carbonyl (C=O) groups excluding carboxylic acids is 2. The van der Waals surface area contributed by atoms with E-state index >= 15 is 0 Å². The molecular weight excluding hydrogens is 355 g/mol. The maximum absolute atomic E-state index is 13.2. The van der Waals surface area contributed by atoms with Gasteiger partial charge in [0, 0.05) is 31.7 Å². The lowest BCUT2D eigenvalue weighted by atomic mass is 10.1. The maximum Gasteiger partial charge on any atom is 0.254 e. The fraction of sp³-hybridized carbons (Fsp3) is 0.300. The van der Waals surface area contributed by atoms with Crippen molar-refractivity contribution in [3.8, 4) is 0 Å². The van der Waals surface area contributed by atoms with Gasteiger partial charge in [-0.15, -0.1) is 0 Å². The van der Waals surface area contributed by atoms with Crippen LogP contribution in [0, 0.1) is 12.7 Å². The van der Waals surface area contributed by atoms with Gasteiger partial charge in [0.2, 0.25) is 5.91 Å². The van der Waals surface area contributed by atoms with E-state index in [-0.39, 0.29) is 16.8 Å². The highest BCUT2D eigenvalue weighted by atomic mass is 35.5. The highest BCUT2D eigenvalue weighted by Crippen LogP contribution is 2.18. The van der Waals surface area contributed by atoms with Crippen LogP contribution in [0.25, 0.3) is 0 Å². The third kappa shape index (κ3) is 4.22. The van der Waals surface area contributed by atoms with Crippen molar-refractivity contribution in [2.75, 3.05) is 26.2 Å². The molecule has 136 valence electrons. The number of piperazine rings is 1. The van der Waals surface area contributed by atoms with E-state index in [1.807, 2.05) is 31.2 Å². The highest BCUT2D eigenvalue weighted by molar-refractivity contribution is 6.31. The largest absolute Gasteiger partial charge is 0.339 e. The molecule has 3 rings (SSSR count). The summed E-state index contributed by atoms with van der Waals surface area (Å²) in [5, 5.41) is -0.0668. The standard InChI is InChI=1S/C20H20ClFN2O2/c1-14-3-2-4-15(11-14)12-19(25)23-7-9-24(10-8-23)20(26)16-5-6-18(22)17(21)13-16/h2-6,11,13H,7-10,12H2,1H3. The predicted molar refractivity (Wildman–Crippen MR) is 98.8 cm³/mol. The Hall–Kier alpha value is -2.40. The van der Waals surface area contributed by atoms with E-state index in [1.54, 1.807) is 9.80 Å². The molecule has 0 aliphatic carbocycles. The van der Waals surface area contributed by atoms with Crippen LogP contribution in [-0.4, -0.2) is 47.8 Å². The highest BCUT2D eigenvalue weighted by Gasteiger charge is 2.25. The average Bonchev–Trinajstić information content (AvgIpc) is 2.63. The van der Waals surface area contributed by atoms with Gasteiger partial charge in [0.25, 0.3) is 5.91 Å². The summed E-state index contributed by atoms with van der Waals surface area (Å²) in [5.74, 6) is -0.681. The molecule has 0 spiro atoms. The second-order valence-corrected chi connectivity index (χ2v) is 6.87. The van der Waals surface area contributed by atoms with E-state index in [2.05, 4.69) is 0 Å². The first-order valence-corrected chi connectivity index (χ1v) is 8.89. The van der Waals surface area contributed by atoms with Gasteiger partial charge in [0.15, 0.2) is 0 Å². The maximum atomic E-state index is 13.2. The first kappa shape index (κ1) is 18.4. The van der Waals surface area contributed by atoms with Crippen LogP contribution in [0.4, 0.5) is 4.39 Å². The van der Waals surface area contributed by atoms with Crippen LogP contribution in [0.3, 0.4) is 0 Å². The number of nitrogens with zero attached hydrogens (tertiary/aromatic N) is 2. The van der Waals surface area contributed by atoms with Crippen molar-refractivity contribution in [3.63, 3.8) is 0 Å². The molecule has 1 aliphatic heterocycles. The summed E-state index contributed by atoms with van der Waals surface area (Å²) >= 11 is 5.75. The number of carbonyl (C=O) groups is 2. The van der Waals surface area contributed by atoms with Crippen LogP contribution in [0.15, 0.2) is 42.5 Å². The van der Waals surface area contributed by atoms with E-state index in [1.165, 1.54) is 18.2 Å². The van der Waals surface area contributed by atoms with Crippen LogP contribution in [0.5, 0.6) is 0 Å². The zero-order valence-electron chi connectivity index (χ0n) is 14.5. The summed E-state index contributed by atoms with van der Waals surface area (Å²) in [7, 11) is 0. The lowest BCUT2D eigenvalue weighted by Gasteiger charge is -2.35. The first-order valence-electron chi connectivity index (χ1n) is 8.51. The van der Waals surface area contributed by atoms with Gasteiger partial charge in [0.05, 0.1) is 11.4 Å². The normalized spacial score (nSPS) is 14.4. The fourth-order valence-electron chi connectivity index (χ4n) is 3.08. The van der Waals surface area contributed by atoms with Crippen molar-refractivity contribution >= 4 is 23.4 Å². The summed E-state index contributed by atoms with van der Waals surface area (Å²) in [6, 6.07) is 11.9. The molecule has 2 aromatic carbocycles. The zero-order chi connectivity index (χ0) is 18.7. The van der Waals surface area contributed by atoms with Crippen LogP contribution < -0.4 is 0 Å². The van der Waals surface area contributed by atoms with Crippen molar-refractivity contribution in [2.45, 2.75) is 13.3 Å². The fourth-order valence-corrected chi connectivity index (χ4v) is 3.26. The summed E-state index contributed by atoms with van der Waals surface area (Å²) < 4.78 is 13.2. The van der Waals surface area contributed by atoms with Gasteiger partial charge >= 0.3 is 0 Å². The van der Waals surface area contributed by atoms with E-state index in [4.69, 9.17) is 11.6 Å². The molecule has 2 aromatic rings. The van der Waals surface area contributed by atoms with Crippen LogP contribution in [-0.2, 0) is 11.2 Å². The smallest absolute Gasteiger partial charge is 0.254 e. The monoisotopic (exact) mass is 374 g/mol. The van der Waals surface area contributed by atoms with E-state index in [0.717, 1.165) is 11.1 Å². The van der Waals surface area contributed by atoms with Gasteiger partial charge in [-0.1, -0.05) is 41.4 Å². The molecule has 0 radical (unpaired) electrons. The number of hydrogen-bond acceptors (Lipinski definition) is 2. The molecule has 1 fully saturated rings. The topological polar surface area (TPSA) is 40.6 Å². The minimum atomic E-state index is -0.546. The first-order chi connectivity index (χ1) is 12.4. The molecule has 26 heavy (non-hydrogen) atoms. The second kappa shape index (κ2) is 7.87. The van der Waals surface area contributed by atoms with E-state index < -0.39 is 5.82 Å². The molecule has 1 saturated heterocycles. The van der Waals surface area contributed by atoms with Crippen LogP contribution in [0.1, 0.15) is 21.5 Å². The van der Waals surface area contributed by atoms with E-state index in [0.29, 0.717) is 38.2 Å². The molecule has 0 aromatic heterocycles. The minimum absolute atomic E-state index is 0.0625. The Morgan fingerprint density at radius 1 is 1.04 bits per heavy atom. The molecule has 0 saturated carbocycles. The molecule has 4 nitrogen and oxygen atoms in total. The van der Waals surface area contributed by atoms with Crippen LogP contribution >= 0.6 is 11.6 Å². The number of halogens is 2. The second-order valence-electron chi connectivity index (χ2n) is 6.47. The Bertz CT molecular complexity index is 832. The molecule has 0 atom stereocenters. The van der Waals surface area contributed by atoms with Gasteiger partial charge < -0.3 is 9.80 Å². The van der Waals surface area contributed by atoms with Gasteiger partial charge in [-0.25, -0.2) is 4.39 Å². The molecule has 2 amide bonds. The quantitative estimate of drug-likeness (QED) is 0.827. The Morgan fingerprint density at radius 3 is 2.38 bits per heavy atom. The SMILES string of the molecule is Cc1cccc(CC(=O)N2CCN(C(=O)c3ccc(F)c(Cl)c3)CC2)c1. The van der Waals surface area contributed by atoms with Crippen molar-refractivity contribution in [1.82, 2.24) is 9.80 Å². The number of benzene rings is 2. The Kier molecular flexibility index (Phi) is 5.57. The van der Waals surface area contributed by atoms with Gasteiger partial charge in [-0.3, -0.25) is 9.59 Å². The number of amides is 2. The Balaban J connectivity index is 1.57. The lowest BCUT2D eigenvalue weighted by molar-refractivity contribution is -0.131. The molecule has 0 N–H and O–H groups in total. The molecule has 1 heterocycles. The molecule has 1 aliphatic rings. The average molecular weight is 375 g/mol. The van der Waals surface area contributed by atoms with Crippen molar-refractivity contribution in [3.05, 3.63) is 70.0 Å². The third-order valence-electron chi connectivity index (χ3n) is 4.52. The molecular formula is C20H20ClFN2O2. The van der Waals surface area contributed by atoms with Crippen molar-refractivity contribution in [1.29, 1.82) is 0 Å². The zero-order valence-corrected chi connectivity index (χ0v) is 15.3. The number of rotatable bonds is 3. The molecule has 0 bridgehead atoms.